The van der Waals surface area contributed by atoms with E-state index >= 15 is 0 Å². The second kappa shape index (κ2) is 11.6. The van der Waals surface area contributed by atoms with E-state index in [1.54, 1.807) is 7.11 Å². The SMILES string of the molecule is C=C(C)N1CCC(C)C1.CC.CCOC. The van der Waals surface area contributed by atoms with Crippen LogP contribution in [0.15, 0.2) is 12.3 Å². The molecule has 1 rings (SSSR count). The molecular weight excluding hydrogens is 186 g/mol. The molecule has 0 radical (unpaired) electrons. The Labute approximate surface area is 96.3 Å². The molecule has 0 saturated carbocycles. The van der Waals surface area contributed by atoms with Crippen molar-refractivity contribution in [2.45, 2.75) is 41.0 Å². The highest BCUT2D eigenvalue weighted by molar-refractivity contribution is 4.92. The van der Waals surface area contributed by atoms with E-state index in [9.17, 15) is 0 Å². The van der Waals surface area contributed by atoms with E-state index in [1.165, 1.54) is 25.2 Å². The van der Waals surface area contributed by atoms with Gasteiger partial charge in [-0.25, -0.2) is 0 Å². The Balaban J connectivity index is 0. The van der Waals surface area contributed by atoms with Crippen LogP contribution >= 0.6 is 0 Å². The van der Waals surface area contributed by atoms with Crippen molar-refractivity contribution in [2.75, 3.05) is 26.8 Å². The molecule has 15 heavy (non-hydrogen) atoms. The molecule has 0 spiro atoms. The average molecular weight is 215 g/mol. The maximum atomic E-state index is 4.54. The van der Waals surface area contributed by atoms with E-state index in [2.05, 4.69) is 30.1 Å². The molecule has 1 fully saturated rings. The van der Waals surface area contributed by atoms with Crippen LogP contribution < -0.4 is 0 Å². The van der Waals surface area contributed by atoms with E-state index in [-0.39, 0.29) is 0 Å². The molecule has 2 nitrogen and oxygen atoms in total. The van der Waals surface area contributed by atoms with Gasteiger partial charge in [-0.05, 0) is 26.2 Å². The lowest BCUT2D eigenvalue weighted by atomic mass is 10.2. The van der Waals surface area contributed by atoms with Gasteiger partial charge >= 0.3 is 0 Å². The third-order valence-corrected chi connectivity index (χ3v) is 2.25. The topological polar surface area (TPSA) is 12.5 Å². The van der Waals surface area contributed by atoms with E-state index in [0.717, 1.165) is 12.5 Å². The van der Waals surface area contributed by atoms with Gasteiger partial charge < -0.3 is 9.64 Å². The van der Waals surface area contributed by atoms with Crippen LogP contribution in [0.2, 0.25) is 0 Å². The lowest BCUT2D eigenvalue weighted by Crippen LogP contribution is -2.16. The summed E-state index contributed by atoms with van der Waals surface area (Å²) in [6.07, 6.45) is 1.34. The van der Waals surface area contributed by atoms with Crippen LogP contribution in [-0.2, 0) is 4.74 Å². The molecule has 0 bridgehead atoms. The maximum absolute atomic E-state index is 4.54. The molecule has 0 aromatic carbocycles. The fourth-order valence-electron chi connectivity index (χ4n) is 1.28. The summed E-state index contributed by atoms with van der Waals surface area (Å²) in [5.74, 6) is 0.877. The first-order valence-corrected chi connectivity index (χ1v) is 6.01. The summed E-state index contributed by atoms with van der Waals surface area (Å²) in [5, 5.41) is 0. The molecule has 0 aromatic rings. The highest BCUT2D eigenvalue weighted by Gasteiger charge is 2.16. The highest BCUT2D eigenvalue weighted by Crippen LogP contribution is 2.17. The van der Waals surface area contributed by atoms with Gasteiger partial charge in [0.25, 0.3) is 0 Å². The van der Waals surface area contributed by atoms with Gasteiger partial charge in [0.2, 0.25) is 0 Å². The van der Waals surface area contributed by atoms with Crippen LogP contribution in [-0.4, -0.2) is 31.7 Å². The van der Waals surface area contributed by atoms with Crippen molar-refractivity contribution >= 4 is 0 Å². The number of rotatable bonds is 2. The number of hydrogen-bond acceptors (Lipinski definition) is 2. The molecule has 1 atom stereocenters. The molecular formula is C13H29NO. The van der Waals surface area contributed by atoms with Gasteiger partial charge in [-0.15, -0.1) is 0 Å². The Hall–Kier alpha value is -0.500. The molecule has 1 saturated heterocycles. The molecule has 92 valence electrons. The second-order valence-corrected chi connectivity index (χ2v) is 3.65. The molecule has 0 aromatic heterocycles. The first-order valence-electron chi connectivity index (χ1n) is 6.01. The Bertz CT molecular complexity index is 143. The molecule has 2 heteroatoms. The standard InChI is InChI=1S/C8H15N.C3H8O.C2H6/c1-7(2)9-5-4-8(3)6-9;1-3-4-2;1-2/h8H,1,4-6H2,2-3H3;3H2,1-2H3;1-2H3. The number of likely N-dealkylation sites (tertiary alicyclic amines) is 1. The van der Waals surface area contributed by atoms with Crippen molar-refractivity contribution < 1.29 is 4.74 Å². The molecule has 0 aliphatic carbocycles. The van der Waals surface area contributed by atoms with Gasteiger partial charge in [-0.1, -0.05) is 27.4 Å². The second-order valence-electron chi connectivity index (χ2n) is 3.65. The fourth-order valence-corrected chi connectivity index (χ4v) is 1.28. The van der Waals surface area contributed by atoms with Gasteiger partial charge in [-0.2, -0.15) is 0 Å². The largest absolute Gasteiger partial charge is 0.385 e. The van der Waals surface area contributed by atoms with Crippen LogP contribution in [0, 0.1) is 5.92 Å². The Morgan fingerprint density at radius 3 is 2.07 bits per heavy atom. The van der Waals surface area contributed by atoms with Gasteiger partial charge in [0.05, 0.1) is 0 Å². The molecule has 0 N–H and O–H groups in total. The van der Waals surface area contributed by atoms with Crippen LogP contribution in [0.5, 0.6) is 0 Å². The summed E-state index contributed by atoms with van der Waals surface area (Å²) < 4.78 is 4.54. The van der Waals surface area contributed by atoms with Crippen molar-refractivity contribution in [1.29, 1.82) is 0 Å². The van der Waals surface area contributed by atoms with Gasteiger partial charge in [0.1, 0.15) is 0 Å². The zero-order chi connectivity index (χ0) is 12.3. The van der Waals surface area contributed by atoms with E-state index < -0.39 is 0 Å². The summed E-state index contributed by atoms with van der Waals surface area (Å²) in [6.45, 7) is 17.5. The maximum Gasteiger partial charge on any atom is 0.0433 e. The predicted molar refractivity (Wildman–Crippen MR) is 69.1 cm³/mol. The van der Waals surface area contributed by atoms with Gasteiger partial charge in [-0.3, -0.25) is 0 Å². The third-order valence-electron chi connectivity index (χ3n) is 2.25. The molecule has 1 aliphatic rings. The van der Waals surface area contributed by atoms with Crippen LogP contribution in [0.25, 0.3) is 0 Å². The van der Waals surface area contributed by atoms with Gasteiger partial charge in [0.15, 0.2) is 0 Å². The van der Waals surface area contributed by atoms with Crippen molar-refractivity contribution in [2.24, 2.45) is 5.92 Å². The predicted octanol–water partition coefficient (Wildman–Crippen LogP) is 3.54. The van der Waals surface area contributed by atoms with Crippen molar-refractivity contribution in [3.63, 3.8) is 0 Å². The lowest BCUT2D eigenvalue weighted by Gasteiger charge is -2.16. The zero-order valence-electron chi connectivity index (χ0n) is 11.5. The quantitative estimate of drug-likeness (QED) is 0.698. The normalized spacial score (nSPS) is 18.5. The molecule has 0 amide bonds. The summed E-state index contributed by atoms with van der Waals surface area (Å²) in [5.41, 5.74) is 1.22. The number of hydrogen-bond donors (Lipinski definition) is 0. The minimum atomic E-state index is 0.819. The number of nitrogens with zero attached hydrogens (tertiary/aromatic N) is 1. The molecule has 1 aliphatic heterocycles. The summed E-state index contributed by atoms with van der Waals surface area (Å²) in [6, 6.07) is 0. The van der Waals surface area contributed by atoms with Crippen LogP contribution in [0.3, 0.4) is 0 Å². The number of allylic oxidation sites excluding steroid dienone is 1. The first-order chi connectivity index (χ1) is 7.11. The summed E-state index contributed by atoms with van der Waals surface area (Å²) in [4.78, 5) is 2.35. The minimum Gasteiger partial charge on any atom is -0.385 e. The zero-order valence-corrected chi connectivity index (χ0v) is 11.5. The Morgan fingerprint density at radius 2 is 1.93 bits per heavy atom. The Kier molecular flexibility index (Phi) is 13.1. The van der Waals surface area contributed by atoms with Crippen molar-refractivity contribution in [3.05, 3.63) is 12.3 Å². The third kappa shape index (κ3) is 9.80. The van der Waals surface area contributed by atoms with E-state index in [1.807, 2.05) is 20.8 Å². The monoisotopic (exact) mass is 215 g/mol. The van der Waals surface area contributed by atoms with Crippen molar-refractivity contribution in [3.8, 4) is 0 Å². The lowest BCUT2D eigenvalue weighted by molar-refractivity contribution is 0.215. The van der Waals surface area contributed by atoms with Gasteiger partial charge in [0, 0.05) is 32.5 Å². The first kappa shape index (κ1) is 16.9. The molecule has 1 heterocycles. The van der Waals surface area contributed by atoms with Crippen LogP contribution in [0.1, 0.15) is 41.0 Å². The summed E-state index contributed by atoms with van der Waals surface area (Å²) in [7, 11) is 1.68. The van der Waals surface area contributed by atoms with E-state index in [4.69, 9.17) is 0 Å². The highest BCUT2D eigenvalue weighted by atomic mass is 16.5. The van der Waals surface area contributed by atoms with Crippen LogP contribution in [0.4, 0.5) is 0 Å². The number of methoxy groups -OCH3 is 1. The number of ether oxygens (including phenoxy) is 1. The smallest absolute Gasteiger partial charge is 0.0433 e. The van der Waals surface area contributed by atoms with Crippen molar-refractivity contribution in [1.82, 2.24) is 4.90 Å². The Morgan fingerprint density at radius 1 is 1.47 bits per heavy atom. The van der Waals surface area contributed by atoms with E-state index in [0.29, 0.717) is 0 Å². The molecule has 1 unspecified atom stereocenters. The fraction of sp³-hybridized carbons (Fsp3) is 0.846. The summed E-state index contributed by atoms with van der Waals surface area (Å²) >= 11 is 0. The minimum absolute atomic E-state index is 0.819. The average Bonchev–Trinajstić information content (AvgIpc) is 2.68.